The van der Waals surface area contributed by atoms with Crippen LogP contribution in [0.1, 0.15) is 43.6 Å². The van der Waals surface area contributed by atoms with Crippen LogP contribution in [0.15, 0.2) is 58.2 Å². The van der Waals surface area contributed by atoms with Gasteiger partial charge in [0.05, 0.1) is 16.3 Å². The van der Waals surface area contributed by atoms with Crippen LogP contribution in [0.3, 0.4) is 0 Å². The SMILES string of the molecule is CCN(CC)c1ccc(S(=O)(=O)N2CCCCC2)cc1NC(=O)c1cc(-c2cccnc2)on1. The zero-order valence-corrected chi connectivity index (χ0v) is 20.2. The van der Waals surface area contributed by atoms with Gasteiger partial charge in [-0.15, -0.1) is 0 Å². The monoisotopic (exact) mass is 483 g/mol. The quantitative estimate of drug-likeness (QED) is 0.516. The Balaban J connectivity index is 1.65. The van der Waals surface area contributed by atoms with Crippen LogP contribution in [0, 0.1) is 0 Å². The number of hydrogen-bond acceptors (Lipinski definition) is 7. The molecule has 3 aromatic rings. The lowest BCUT2D eigenvalue weighted by molar-refractivity contribution is 0.101. The van der Waals surface area contributed by atoms with Crippen molar-refractivity contribution in [1.29, 1.82) is 0 Å². The molecule has 9 nitrogen and oxygen atoms in total. The van der Waals surface area contributed by atoms with Crippen molar-refractivity contribution in [2.75, 3.05) is 36.4 Å². The van der Waals surface area contributed by atoms with Crippen LogP contribution in [0.25, 0.3) is 11.3 Å². The molecule has 0 unspecified atom stereocenters. The van der Waals surface area contributed by atoms with Gasteiger partial charge in [0, 0.05) is 50.2 Å². The minimum atomic E-state index is -3.65. The molecule has 1 aliphatic heterocycles. The normalized spacial score (nSPS) is 14.6. The van der Waals surface area contributed by atoms with Crippen LogP contribution in [-0.2, 0) is 10.0 Å². The maximum Gasteiger partial charge on any atom is 0.277 e. The molecule has 3 heterocycles. The number of amides is 1. The van der Waals surface area contributed by atoms with Gasteiger partial charge in [-0.1, -0.05) is 11.6 Å². The van der Waals surface area contributed by atoms with Crippen molar-refractivity contribution in [1.82, 2.24) is 14.4 Å². The van der Waals surface area contributed by atoms with E-state index in [0.717, 1.165) is 24.9 Å². The fourth-order valence-electron chi connectivity index (χ4n) is 4.08. The third-order valence-corrected chi connectivity index (χ3v) is 7.86. The molecular weight excluding hydrogens is 454 g/mol. The second kappa shape index (κ2) is 10.4. The van der Waals surface area contributed by atoms with Crippen molar-refractivity contribution in [3.05, 3.63) is 54.5 Å². The van der Waals surface area contributed by atoms with Crippen LogP contribution in [0.5, 0.6) is 0 Å². The smallest absolute Gasteiger partial charge is 0.277 e. The summed E-state index contributed by atoms with van der Waals surface area (Å²) in [5.41, 5.74) is 1.95. The van der Waals surface area contributed by atoms with Crippen molar-refractivity contribution in [3.63, 3.8) is 0 Å². The molecule has 180 valence electrons. The molecule has 2 aromatic heterocycles. The number of anilines is 2. The molecule has 0 radical (unpaired) electrons. The van der Waals surface area contributed by atoms with Gasteiger partial charge in [-0.05, 0) is 57.0 Å². The lowest BCUT2D eigenvalue weighted by Crippen LogP contribution is -2.35. The third kappa shape index (κ3) is 4.97. The van der Waals surface area contributed by atoms with E-state index in [9.17, 15) is 13.2 Å². The summed E-state index contributed by atoms with van der Waals surface area (Å²) < 4.78 is 33.3. The highest BCUT2D eigenvalue weighted by molar-refractivity contribution is 7.89. The number of nitrogens with one attached hydrogen (secondary N) is 1. The molecular formula is C24H29N5O4S. The standard InChI is InChI=1S/C24H29N5O4S/c1-3-28(4-2)22-11-10-19(34(31,32)29-13-6-5-7-14-29)15-20(22)26-24(30)21-16-23(33-27-21)18-9-8-12-25-17-18/h8-12,15-17H,3-7,13-14H2,1-2H3,(H,26,30). The van der Waals surface area contributed by atoms with Crippen molar-refractivity contribution >= 4 is 27.3 Å². The lowest BCUT2D eigenvalue weighted by atomic mass is 10.2. The molecule has 0 bridgehead atoms. The van der Waals surface area contributed by atoms with E-state index < -0.39 is 15.9 Å². The average Bonchev–Trinajstić information content (AvgIpc) is 3.37. The van der Waals surface area contributed by atoms with E-state index in [4.69, 9.17) is 4.52 Å². The molecule has 0 aliphatic carbocycles. The highest BCUT2D eigenvalue weighted by atomic mass is 32.2. The molecule has 1 fully saturated rings. The molecule has 0 saturated carbocycles. The fourth-order valence-corrected chi connectivity index (χ4v) is 5.63. The Bertz CT molecular complexity index is 1230. The second-order valence-electron chi connectivity index (χ2n) is 8.09. The van der Waals surface area contributed by atoms with E-state index in [2.05, 4.69) is 20.4 Å². The highest BCUT2D eigenvalue weighted by Crippen LogP contribution is 2.31. The predicted molar refractivity (Wildman–Crippen MR) is 130 cm³/mol. The third-order valence-electron chi connectivity index (χ3n) is 5.96. The summed E-state index contributed by atoms with van der Waals surface area (Å²) in [6.07, 6.45) is 6.01. The van der Waals surface area contributed by atoms with E-state index >= 15 is 0 Å². The first-order valence-corrected chi connectivity index (χ1v) is 13.0. The Hall–Kier alpha value is -3.24. The molecule has 10 heteroatoms. The maximum atomic E-state index is 13.2. The number of aromatic nitrogens is 2. The van der Waals surface area contributed by atoms with Crippen molar-refractivity contribution in [2.24, 2.45) is 0 Å². The van der Waals surface area contributed by atoms with Gasteiger partial charge in [-0.2, -0.15) is 4.31 Å². The van der Waals surface area contributed by atoms with Crippen LogP contribution in [0.4, 0.5) is 11.4 Å². The molecule has 1 aromatic carbocycles. The minimum Gasteiger partial charge on any atom is -0.370 e. The Morgan fingerprint density at radius 3 is 2.56 bits per heavy atom. The van der Waals surface area contributed by atoms with Gasteiger partial charge in [-0.3, -0.25) is 9.78 Å². The fraction of sp³-hybridized carbons (Fsp3) is 0.375. The maximum absolute atomic E-state index is 13.2. The van der Waals surface area contributed by atoms with Gasteiger partial charge in [0.25, 0.3) is 5.91 Å². The van der Waals surface area contributed by atoms with Crippen molar-refractivity contribution < 1.29 is 17.7 Å². The average molecular weight is 484 g/mol. The Kier molecular flexibility index (Phi) is 7.28. The number of benzene rings is 1. The Morgan fingerprint density at radius 2 is 1.88 bits per heavy atom. The van der Waals surface area contributed by atoms with Crippen LogP contribution < -0.4 is 10.2 Å². The number of pyridine rings is 1. The second-order valence-corrected chi connectivity index (χ2v) is 10.0. The molecule has 1 amide bonds. The number of piperidine rings is 1. The van der Waals surface area contributed by atoms with Crippen molar-refractivity contribution in [2.45, 2.75) is 38.0 Å². The van der Waals surface area contributed by atoms with Gasteiger partial charge in [0.2, 0.25) is 10.0 Å². The van der Waals surface area contributed by atoms with E-state index in [1.807, 2.05) is 19.9 Å². The summed E-state index contributed by atoms with van der Waals surface area (Å²) in [7, 11) is -3.65. The zero-order chi connectivity index (χ0) is 24.1. The number of carbonyl (C=O) groups is 1. The highest BCUT2D eigenvalue weighted by Gasteiger charge is 2.27. The first-order chi connectivity index (χ1) is 16.4. The molecule has 0 spiro atoms. The van der Waals surface area contributed by atoms with Crippen LogP contribution in [-0.4, -0.2) is 54.9 Å². The number of nitrogens with zero attached hydrogens (tertiary/aromatic N) is 4. The van der Waals surface area contributed by atoms with Gasteiger partial charge < -0.3 is 14.7 Å². The van der Waals surface area contributed by atoms with E-state index in [1.165, 1.54) is 16.4 Å². The molecule has 1 aliphatic rings. The number of hydrogen-bond donors (Lipinski definition) is 1. The summed E-state index contributed by atoms with van der Waals surface area (Å²) in [5, 5.41) is 6.75. The summed E-state index contributed by atoms with van der Waals surface area (Å²) in [6.45, 7) is 6.44. The molecule has 1 N–H and O–H groups in total. The van der Waals surface area contributed by atoms with Gasteiger partial charge >= 0.3 is 0 Å². The predicted octanol–water partition coefficient (Wildman–Crippen LogP) is 4.01. The van der Waals surface area contributed by atoms with Crippen molar-refractivity contribution in [3.8, 4) is 11.3 Å². The van der Waals surface area contributed by atoms with Crippen LogP contribution >= 0.6 is 0 Å². The van der Waals surface area contributed by atoms with E-state index in [1.54, 1.807) is 30.6 Å². The number of sulfonamides is 1. The number of rotatable bonds is 8. The van der Waals surface area contributed by atoms with Gasteiger partial charge in [0.1, 0.15) is 0 Å². The summed E-state index contributed by atoms with van der Waals surface area (Å²) in [6, 6.07) is 10.0. The topological polar surface area (TPSA) is 109 Å². The van der Waals surface area contributed by atoms with E-state index in [0.29, 0.717) is 43.2 Å². The Morgan fingerprint density at radius 1 is 1.12 bits per heavy atom. The first-order valence-electron chi connectivity index (χ1n) is 11.5. The Labute approximate surface area is 199 Å². The molecule has 0 atom stereocenters. The summed E-state index contributed by atoms with van der Waals surface area (Å²) in [4.78, 5) is 19.3. The largest absolute Gasteiger partial charge is 0.370 e. The summed E-state index contributed by atoms with van der Waals surface area (Å²) >= 11 is 0. The lowest BCUT2D eigenvalue weighted by Gasteiger charge is -2.28. The van der Waals surface area contributed by atoms with E-state index in [-0.39, 0.29) is 10.6 Å². The molecule has 4 rings (SSSR count). The summed E-state index contributed by atoms with van der Waals surface area (Å²) in [5.74, 6) is -0.0662. The zero-order valence-electron chi connectivity index (χ0n) is 19.4. The van der Waals surface area contributed by atoms with Crippen LogP contribution in [0.2, 0.25) is 0 Å². The number of carbonyl (C=O) groups excluding carboxylic acids is 1. The minimum absolute atomic E-state index is 0.0913. The van der Waals surface area contributed by atoms with Gasteiger partial charge in [-0.25, -0.2) is 8.42 Å². The molecule has 1 saturated heterocycles. The first kappa shape index (κ1) is 23.9. The van der Waals surface area contributed by atoms with Gasteiger partial charge in [0.15, 0.2) is 11.5 Å². The molecule has 34 heavy (non-hydrogen) atoms.